The van der Waals surface area contributed by atoms with Crippen LogP contribution in [0.4, 0.5) is 24.5 Å². The van der Waals surface area contributed by atoms with Crippen molar-refractivity contribution >= 4 is 50.7 Å². The molecule has 2 heterocycles. The molecule has 0 unspecified atom stereocenters. The van der Waals surface area contributed by atoms with Crippen molar-refractivity contribution in [1.29, 1.82) is 0 Å². The van der Waals surface area contributed by atoms with Crippen molar-refractivity contribution in [2.45, 2.75) is 40.4 Å². The Kier molecular flexibility index (Phi) is 6.82. The van der Waals surface area contributed by atoms with Gasteiger partial charge in [0.2, 0.25) is 11.8 Å². The second-order valence-corrected chi connectivity index (χ2v) is 8.47. The lowest BCUT2D eigenvalue weighted by atomic mass is 10.1. The fraction of sp³-hybridized carbons (Fsp3) is 0.318. The van der Waals surface area contributed by atoms with Gasteiger partial charge in [0, 0.05) is 17.2 Å². The van der Waals surface area contributed by atoms with E-state index in [9.17, 15) is 27.6 Å². The van der Waals surface area contributed by atoms with Gasteiger partial charge in [0.15, 0.2) is 5.69 Å². The zero-order valence-electron chi connectivity index (χ0n) is 18.3. The molecule has 0 radical (unpaired) electrons. The average Bonchev–Trinajstić information content (AvgIpc) is 3.15. The fourth-order valence-electron chi connectivity index (χ4n) is 3.48. The van der Waals surface area contributed by atoms with E-state index in [0.717, 1.165) is 22.6 Å². The Morgan fingerprint density at radius 2 is 1.79 bits per heavy atom. The number of nitrogens with one attached hydrogen (secondary N) is 2. The maximum Gasteiger partial charge on any atom is 0.418 e. The van der Waals surface area contributed by atoms with Crippen LogP contribution in [-0.2, 0) is 27.0 Å². The van der Waals surface area contributed by atoms with Gasteiger partial charge in [0.25, 0.3) is 0 Å². The minimum atomic E-state index is -4.65. The Hall–Kier alpha value is -3.34. The van der Waals surface area contributed by atoms with E-state index >= 15 is 0 Å². The van der Waals surface area contributed by atoms with Gasteiger partial charge < -0.3 is 19.9 Å². The highest BCUT2D eigenvalue weighted by Crippen LogP contribution is 2.41. The first-order valence-corrected chi connectivity index (χ1v) is 10.8. The quantitative estimate of drug-likeness (QED) is 0.479. The van der Waals surface area contributed by atoms with E-state index in [4.69, 9.17) is 4.74 Å². The predicted octanol–water partition coefficient (Wildman–Crippen LogP) is 5.11. The predicted molar refractivity (Wildman–Crippen MR) is 120 cm³/mol. The minimum absolute atomic E-state index is 0.0457. The number of aryl methyl sites for hydroxylation is 2. The van der Waals surface area contributed by atoms with E-state index in [1.54, 1.807) is 6.92 Å². The third-order valence-corrected chi connectivity index (χ3v) is 6.18. The maximum atomic E-state index is 13.3. The molecule has 0 fully saturated rings. The van der Waals surface area contributed by atoms with Gasteiger partial charge in [-0.3, -0.25) is 9.59 Å². The van der Waals surface area contributed by atoms with Crippen molar-refractivity contribution in [2.75, 3.05) is 17.2 Å². The standard InChI is InChI=1S/C22H22F3N3O4S/c1-5-32-21(31)19-18(26-13(4)29)17-11(2)12(3)33-20(17)28(19)10-16(30)27-15-9-7-6-8-14(15)22(23,24)25/h6-9H,5,10H2,1-4H3,(H,26,29)(H,27,30). The number of para-hydroxylation sites is 1. The summed E-state index contributed by atoms with van der Waals surface area (Å²) in [5, 5.41) is 5.52. The third-order valence-electron chi connectivity index (χ3n) is 4.95. The van der Waals surface area contributed by atoms with Crippen LogP contribution in [0.15, 0.2) is 24.3 Å². The Morgan fingerprint density at radius 3 is 2.39 bits per heavy atom. The number of carbonyl (C=O) groups is 3. The van der Waals surface area contributed by atoms with Crippen molar-refractivity contribution in [3.63, 3.8) is 0 Å². The van der Waals surface area contributed by atoms with Crippen LogP contribution in [0.5, 0.6) is 0 Å². The number of rotatable bonds is 6. The van der Waals surface area contributed by atoms with Crippen molar-refractivity contribution in [2.24, 2.45) is 0 Å². The van der Waals surface area contributed by atoms with E-state index in [1.807, 2.05) is 13.8 Å². The van der Waals surface area contributed by atoms with Crippen LogP contribution in [0.25, 0.3) is 10.2 Å². The molecule has 0 atom stereocenters. The molecule has 33 heavy (non-hydrogen) atoms. The maximum absolute atomic E-state index is 13.3. The van der Waals surface area contributed by atoms with E-state index < -0.39 is 41.8 Å². The Morgan fingerprint density at radius 1 is 1.12 bits per heavy atom. The number of thiophene rings is 1. The number of hydrogen-bond acceptors (Lipinski definition) is 5. The van der Waals surface area contributed by atoms with Crippen LogP contribution in [0, 0.1) is 13.8 Å². The largest absolute Gasteiger partial charge is 0.461 e. The number of benzene rings is 1. The van der Waals surface area contributed by atoms with Gasteiger partial charge in [-0.15, -0.1) is 11.3 Å². The second-order valence-electron chi connectivity index (χ2n) is 7.27. The van der Waals surface area contributed by atoms with Crippen molar-refractivity contribution in [3.05, 3.63) is 46.0 Å². The summed E-state index contributed by atoms with van der Waals surface area (Å²) < 4.78 is 46.4. The smallest absolute Gasteiger partial charge is 0.418 e. The number of fused-ring (bicyclic) bond motifs is 1. The summed E-state index contributed by atoms with van der Waals surface area (Å²) in [5.74, 6) is -1.95. The molecule has 1 aromatic carbocycles. The first kappa shape index (κ1) is 24.3. The number of halogens is 3. The lowest BCUT2D eigenvalue weighted by Gasteiger charge is -2.15. The molecule has 0 aliphatic rings. The highest BCUT2D eigenvalue weighted by Gasteiger charge is 2.34. The molecular formula is C22H22F3N3O4S. The summed E-state index contributed by atoms with van der Waals surface area (Å²) in [6, 6.07) is 4.63. The zero-order chi connectivity index (χ0) is 24.5. The molecule has 2 amide bonds. The summed E-state index contributed by atoms with van der Waals surface area (Å²) in [7, 11) is 0. The molecule has 0 aliphatic carbocycles. The summed E-state index contributed by atoms with van der Waals surface area (Å²) in [6.45, 7) is 6.16. The van der Waals surface area contributed by atoms with Gasteiger partial charge >= 0.3 is 12.1 Å². The molecular weight excluding hydrogens is 459 g/mol. The van der Waals surface area contributed by atoms with Gasteiger partial charge in [-0.25, -0.2) is 4.79 Å². The SMILES string of the molecule is CCOC(=O)c1c(NC(C)=O)c2c(C)c(C)sc2n1CC(=O)Nc1ccccc1C(F)(F)F. The number of ether oxygens (including phenoxy) is 1. The molecule has 3 aromatic rings. The first-order chi connectivity index (χ1) is 15.5. The van der Waals surface area contributed by atoms with E-state index in [1.165, 1.54) is 35.0 Å². The van der Waals surface area contributed by atoms with Gasteiger partial charge in [-0.05, 0) is 38.5 Å². The van der Waals surface area contributed by atoms with Crippen molar-refractivity contribution in [3.8, 4) is 0 Å². The molecule has 0 bridgehead atoms. The summed E-state index contributed by atoms with van der Waals surface area (Å²) >= 11 is 1.30. The summed E-state index contributed by atoms with van der Waals surface area (Å²) in [6.07, 6.45) is -4.65. The number of carbonyl (C=O) groups excluding carboxylic acids is 3. The van der Waals surface area contributed by atoms with Gasteiger partial charge in [-0.2, -0.15) is 13.2 Å². The van der Waals surface area contributed by atoms with Crippen LogP contribution in [0.3, 0.4) is 0 Å². The van der Waals surface area contributed by atoms with Crippen LogP contribution in [-0.4, -0.2) is 29.0 Å². The Balaban J connectivity index is 2.10. The van der Waals surface area contributed by atoms with Gasteiger partial charge in [0.1, 0.15) is 11.4 Å². The van der Waals surface area contributed by atoms with Crippen LogP contribution < -0.4 is 10.6 Å². The van der Waals surface area contributed by atoms with Gasteiger partial charge in [0.05, 0.1) is 23.5 Å². The first-order valence-electron chi connectivity index (χ1n) is 9.98. The number of hydrogen-bond donors (Lipinski definition) is 2. The van der Waals surface area contributed by atoms with E-state index in [2.05, 4.69) is 10.6 Å². The highest BCUT2D eigenvalue weighted by molar-refractivity contribution is 7.19. The number of aromatic nitrogens is 1. The van der Waals surface area contributed by atoms with E-state index in [-0.39, 0.29) is 18.0 Å². The van der Waals surface area contributed by atoms with Crippen LogP contribution >= 0.6 is 11.3 Å². The number of esters is 1. The minimum Gasteiger partial charge on any atom is -0.461 e. The van der Waals surface area contributed by atoms with E-state index in [0.29, 0.717) is 10.2 Å². The Labute approximate surface area is 191 Å². The summed E-state index contributed by atoms with van der Waals surface area (Å²) in [5.41, 5.74) is -0.400. The molecule has 2 N–H and O–H groups in total. The topological polar surface area (TPSA) is 89.4 Å². The average molecular weight is 481 g/mol. The molecule has 176 valence electrons. The summed E-state index contributed by atoms with van der Waals surface area (Å²) in [4.78, 5) is 38.9. The number of nitrogens with zero attached hydrogens (tertiary/aromatic N) is 1. The number of anilines is 2. The molecule has 0 aliphatic heterocycles. The molecule has 2 aromatic heterocycles. The lowest BCUT2D eigenvalue weighted by Crippen LogP contribution is -2.24. The van der Waals surface area contributed by atoms with Crippen LogP contribution in [0.1, 0.15) is 40.3 Å². The highest BCUT2D eigenvalue weighted by atomic mass is 32.1. The van der Waals surface area contributed by atoms with Crippen LogP contribution in [0.2, 0.25) is 0 Å². The zero-order valence-corrected chi connectivity index (χ0v) is 19.2. The molecule has 3 rings (SSSR count). The normalized spacial score (nSPS) is 11.5. The second kappa shape index (κ2) is 9.26. The molecule has 0 saturated carbocycles. The monoisotopic (exact) mass is 481 g/mol. The molecule has 7 nitrogen and oxygen atoms in total. The molecule has 0 spiro atoms. The fourth-order valence-corrected chi connectivity index (χ4v) is 4.65. The lowest BCUT2D eigenvalue weighted by molar-refractivity contribution is -0.137. The number of alkyl halides is 3. The molecule has 11 heteroatoms. The Bertz CT molecular complexity index is 1240. The van der Waals surface area contributed by atoms with Crippen molar-refractivity contribution < 1.29 is 32.3 Å². The van der Waals surface area contributed by atoms with Crippen molar-refractivity contribution in [1.82, 2.24) is 4.57 Å². The van der Waals surface area contributed by atoms with Gasteiger partial charge in [-0.1, -0.05) is 12.1 Å². The third kappa shape index (κ3) is 4.87. The molecule has 0 saturated heterocycles. The number of amides is 2.